The van der Waals surface area contributed by atoms with Gasteiger partial charge in [0.25, 0.3) is 0 Å². The van der Waals surface area contributed by atoms with Crippen LogP contribution in [-0.4, -0.2) is 0 Å². The third kappa shape index (κ3) is 5.08. The first kappa shape index (κ1) is 13.4. The number of hydrogen-bond donors (Lipinski definition) is 0. The van der Waals surface area contributed by atoms with Crippen molar-refractivity contribution in [2.75, 3.05) is 0 Å². The van der Waals surface area contributed by atoms with Crippen LogP contribution in [0.25, 0.3) is 0 Å². The lowest BCUT2D eigenvalue weighted by molar-refractivity contribution is 0.568. The van der Waals surface area contributed by atoms with Crippen LogP contribution in [0.15, 0.2) is 47.6 Å². The molecule has 0 heteroatoms. The molecule has 3 aliphatic carbocycles. The quantitative estimate of drug-likeness (QED) is 0.497. The molecule has 0 saturated heterocycles. The predicted molar refractivity (Wildman–Crippen MR) is 80.6 cm³/mol. The molecule has 3 aliphatic rings. The van der Waals surface area contributed by atoms with E-state index in [1.807, 2.05) is 0 Å². The lowest BCUT2D eigenvalue weighted by Gasteiger charge is -2.04. The van der Waals surface area contributed by atoms with E-state index >= 15 is 0 Å². The molecule has 98 valence electrons. The zero-order valence-corrected chi connectivity index (χ0v) is 11.5. The van der Waals surface area contributed by atoms with Gasteiger partial charge in [0.1, 0.15) is 0 Å². The minimum Gasteiger partial charge on any atom is -0.0617 e. The Morgan fingerprint density at radius 3 is 1.33 bits per heavy atom. The van der Waals surface area contributed by atoms with Crippen molar-refractivity contribution < 1.29 is 0 Å². The van der Waals surface area contributed by atoms with Crippen molar-refractivity contribution in [3.8, 4) is 0 Å². The van der Waals surface area contributed by atoms with E-state index in [1.165, 1.54) is 75.4 Å². The summed E-state index contributed by atoms with van der Waals surface area (Å²) in [6, 6.07) is 0. The molecule has 0 aliphatic heterocycles. The summed E-state index contributed by atoms with van der Waals surface area (Å²) >= 11 is 0. The number of fused-ring (bicyclic) bond motifs is 11. The van der Waals surface area contributed by atoms with E-state index in [1.54, 1.807) is 0 Å². The summed E-state index contributed by atoms with van der Waals surface area (Å²) in [6.07, 6.45) is 27.4. The second kappa shape index (κ2) is 8.13. The maximum atomic E-state index is 2.29. The van der Waals surface area contributed by atoms with Gasteiger partial charge >= 0.3 is 0 Å². The largest absolute Gasteiger partial charge is 0.0617 e. The van der Waals surface area contributed by atoms with Crippen LogP contribution in [0.2, 0.25) is 0 Å². The molecule has 0 saturated carbocycles. The van der Waals surface area contributed by atoms with Crippen molar-refractivity contribution in [2.45, 2.75) is 64.2 Å². The molecule has 0 aromatic rings. The maximum Gasteiger partial charge on any atom is -0.0279 e. The molecule has 0 nitrogen and oxygen atoms in total. The van der Waals surface area contributed by atoms with E-state index < -0.39 is 0 Å². The highest BCUT2D eigenvalue weighted by atomic mass is 14.0. The Kier molecular flexibility index (Phi) is 6.05. The van der Waals surface area contributed by atoms with E-state index in [0.717, 1.165) is 0 Å². The highest BCUT2D eigenvalue weighted by Gasteiger charge is 1.99. The van der Waals surface area contributed by atoms with Crippen molar-refractivity contribution >= 4 is 0 Å². The Balaban J connectivity index is 1.97. The summed E-state index contributed by atoms with van der Waals surface area (Å²) < 4.78 is 0. The second-order valence-electron chi connectivity index (χ2n) is 5.53. The SMILES string of the molecule is C1=C/C2=C\C=C/C(=C1)CCCCCCCCCC2. The van der Waals surface area contributed by atoms with Gasteiger partial charge < -0.3 is 0 Å². The monoisotopic (exact) mass is 242 g/mol. The van der Waals surface area contributed by atoms with Crippen LogP contribution in [0, 0.1) is 0 Å². The fourth-order valence-corrected chi connectivity index (χ4v) is 2.75. The predicted octanol–water partition coefficient (Wildman–Crippen LogP) is 5.88. The van der Waals surface area contributed by atoms with E-state index in [-0.39, 0.29) is 0 Å². The van der Waals surface area contributed by atoms with Crippen LogP contribution < -0.4 is 0 Å². The molecule has 0 aromatic heterocycles. The summed E-state index contributed by atoms with van der Waals surface area (Å²) in [7, 11) is 0. The van der Waals surface area contributed by atoms with Gasteiger partial charge in [0, 0.05) is 0 Å². The van der Waals surface area contributed by atoms with Gasteiger partial charge in [-0.15, -0.1) is 0 Å². The fourth-order valence-electron chi connectivity index (χ4n) is 2.75. The van der Waals surface area contributed by atoms with Gasteiger partial charge in [-0.3, -0.25) is 0 Å². The number of allylic oxidation sites excluding steroid dienone is 8. The minimum atomic E-state index is 1.24. The van der Waals surface area contributed by atoms with Crippen LogP contribution in [-0.2, 0) is 0 Å². The molecule has 3 rings (SSSR count). The van der Waals surface area contributed by atoms with Crippen LogP contribution in [0.1, 0.15) is 64.2 Å². The first-order chi connectivity index (χ1) is 8.95. The van der Waals surface area contributed by atoms with Crippen LogP contribution in [0.5, 0.6) is 0 Å². The Bertz CT molecular complexity index is 316. The normalized spacial score (nSPS) is 27.3. The molecule has 0 heterocycles. The van der Waals surface area contributed by atoms with E-state index in [9.17, 15) is 0 Å². The summed E-state index contributed by atoms with van der Waals surface area (Å²) in [6.45, 7) is 0. The van der Waals surface area contributed by atoms with Crippen LogP contribution >= 0.6 is 0 Å². The van der Waals surface area contributed by atoms with Crippen molar-refractivity contribution in [1.82, 2.24) is 0 Å². The molecule has 0 spiro atoms. The van der Waals surface area contributed by atoms with Gasteiger partial charge in [-0.05, 0) is 36.8 Å². The third-order valence-corrected chi connectivity index (χ3v) is 3.92. The van der Waals surface area contributed by atoms with Gasteiger partial charge in [0.05, 0.1) is 0 Å². The number of rotatable bonds is 0. The van der Waals surface area contributed by atoms with E-state index in [2.05, 4.69) is 36.5 Å². The van der Waals surface area contributed by atoms with Crippen LogP contribution in [0.4, 0.5) is 0 Å². The van der Waals surface area contributed by atoms with Crippen LogP contribution in [0.3, 0.4) is 0 Å². The zero-order chi connectivity index (χ0) is 12.5. The highest BCUT2D eigenvalue weighted by Crippen LogP contribution is 2.19. The molecule has 0 fully saturated rings. The summed E-state index contributed by atoms with van der Waals surface area (Å²) in [5, 5.41) is 0. The topological polar surface area (TPSA) is 0 Å². The van der Waals surface area contributed by atoms with E-state index in [4.69, 9.17) is 0 Å². The molecule has 0 radical (unpaired) electrons. The second-order valence-corrected chi connectivity index (χ2v) is 5.53. The Hall–Kier alpha value is -1.04. The van der Waals surface area contributed by atoms with Crippen molar-refractivity contribution in [3.05, 3.63) is 47.6 Å². The Morgan fingerprint density at radius 2 is 0.889 bits per heavy atom. The lowest BCUT2D eigenvalue weighted by atomic mass is 10.0. The molecule has 0 N–H and O–H groups in total. The van der Waals surface area contributed by atoms with E-state index in [0.29, 0.717) is 0 Å². The fraction of sp³-hybridized carbons (Fsp3) is 0.556. The van der Waals surface area contributed by atoms with Crippen molar-refractivity contribution in [1.29, 1.82) is 0 Å². The first-order valence-corrected chi connectivity index (χ1v) is 7.70. The lowest BCUT2D eigenvalue weighted by Crippen LogP contribution is -1.84. The molecule has 18 heavy (non-hydrogen) atoms. The Labute approximate surface area is 112 Å². The molecule has 0 aromatic carbocycles. The number of hydrogen-bond acceptors (Lipinski definition) is 0. The van der Waals surface area contributed by atoms with Gasteiger partial charge in [-0.1, -0.05) is 75.0 Å². The molecular weight excluding hydrogens is 216 g/mol. The molecule has 2 bridgehead atoms. The van der Waals surface area contributed by atoms with Gasteiger partial charge in [0.2, 0.25) is 0 Å². The molecule has 0 amide bonds. The first-order valence-electron chi connectivity index (χ1n) is 7.70. The maximum absolute atomic E-state index is 2.29. The van der Waals surface area contributed by atoms with Crippen molar-refractivity contribution in [2.24, 2.45) is 0 Å². The average Bonchev–Trinajstić information content (AvgIpc) is 2.36. The summed E-state index contributed by atoms with van der Waals surface area (Å²) in [5.41, 5.74) is 2.97. The van der Waals surface area contributed by atoms with Gasteiger partial charge in [0.15, 0.2) is 0 Å². The Morgan fingerprint density at radius 1 is 0.500 bits per heavy atom. The van der Waals surface area contributed by atoms with Gasteiger partial charge in [-0.25, -0.2) is 0 Å². The molecule has 0 atom stereocenters. The highest BCUT2D eigenvalue weighted by molar-refractivity contribution is 5.35. The molecule has 0 unspecified atom stereocenters. The van der Waals surface area contributed by atoms with Gasteiger partial charge in [-0.2, -0.15) is 0 Å². The summed E-state index contributed by atoms with van der Waals surface area (Å²) in [5.74, 6) is 0. The third-order valence-electron chi connectivity index (χ3n) is 3.92. The molecular formula is C18H26. The zero-order valence-electron chi connectivity index (χ0n) is 11.5. The minimum absolute atomic E-state index is 1.24. The average molecular weight is 242 g/mol. The summed E-state index contributed by atoms with van der Waals surface area (Å²) in [4.78, 5) is 0. The standard InChI is InChI=1S/C18H26/c1-2-4-6-8-12-18-15-9-13-17(14-10-16-18)11-7-5-3-1/h9-10,13-16H,1-8,11-12H2/b13-9-,14-10?,15-9?,16-10?,17-13?,17-14?,18-15-,18-16?. The smallest absolute Gasteiger partial charge is 0.0279 e. The van der Waals surface area contributed by atoms with Crippen molar-refractivity contribution in [3.63, 3.8) is 0 Å².